The molecule has 0 aromatic heterocycles. The lowest BCUT2D eigenvalue weighted by atomic mass is 10.1. The van der Waals surface area contributed by atoms with E-state index in [0.717, 1.165) is 5.56 Å². The van der Waals surface area contributed by atoms with Crippen molar-refractivity contribution in [2.24, 2.45) is 4.99 Å². The molecule has 2 aromatic rings. The van der Waals surface area contributed by atoms with E-state index in [9.17, 15) is 4.39 Å². The Balaban J connectivity index is 0.00000338. The highest BCUT2D eigenvalue weighted by molar-refractivity contribution is 14.0. The number of benzene rings is 2. The van der Waals surface area contributed by atoms with Crippen molar-refractivity contribution in [3.05, 3.63) is 65.5 Å². The molecule has 0 aliphatic rings. The van der Waals surface area contributed by atoms with E-state index in [4.69, 9.17) is 10.00 Å². The number of hydrogen-bond donors (Lipinski definition) is 2. The molecule has 0 radical (unpaired) electrons. The summed E-state index contributed by atoms with van der Waals surface area (Å²) in [5.41, 5.74) is 1.69. The van der Waals surface area contributed by atoms with Gasteiger partial charge < -0.3 is 15.4 Å². The Morgan fingerprint density at radius 1 is 1.15 bits per heavy atom. The molecule has 2 N–H and O–H groups in total. The fourth-order valence-corrected chi connectivity index (χ4v) is 2.13. The van der Waals surface area contributed by atoms with Gasteiger partial charge in [0.1, 0.15) is 17.7 Å². The second kappa shape index (κ2) is 11.3. The van der Waals surface area contributed by atoms with Crippen LogP contribution in [0.25, 0.3) is 0 Å². The third-order valence-corrected chi connectivity index (χ3v) is 3.47. The summed E-state index contributed by atoms with van der Waals surface area (Å²) in [6, 6.07) is 15.4. The van der Waals surface area contributed by atoms with Crippen LogP contribution in [0.4, 0.5) is 4.39 Å². The summed E-state index contributed by atoms with van der Waals surface area (Å²) in [5, 5.41) is 15.2. The van der Waals surface area contributed by atoms with Crippen molar-refractivity contribution in [3.63, 3.8) is 0 Å². The van der Waals surface area contributed by atoms with Crippen LogP contribution in [0.2, 0.25) is 0 Å². The minimum Gasteiger partial charge on any atom is -0.489 e. The number of nitrogens with zero attached hydrogens (tertiary/aromatic N) is 2. The zero-order valence-electron chi connectivity index (χ0n) is 14.7. The summed E-state index contributed by atoms with van der Waals surface area (Å²) < 4.78 is 18.6. The van der Waals surface area contributed by atoms with E-state index in [0.29, 0.717) is 30.4 Å². The molecule has 7 heteroatoms. The molecule has 0 aliphatic carbocycles. The highest BCUT2D eigenvalue weighted by Crippen LogP contribution is 2.12. The molecule has 138 valence electrons. The van der Waals surface area contributed by atoms with Crippen molar-refractivity contribution < 1.29 is 9.13 Å². The molecule has 1 atom stereocenters. The van der Waals surface area contributed by atoms with Gasteiger partial charge in [0, 0.05) is 13.6 Å². The Hall–Kier alpha value is -2.34. The smallest absolute Gasteiger partial charge is 0.191 e. The maximum absolute atomic E-state index is 12.9. The molecule has 0 heterocycles. The molecule has 5 nitrogen and oxygen atoms in total. The Morgan fingerprint density at radius 2 is 1.81 bits per heavy atom. The van der Waals surface area contributed by atoms with Crippen LogP contribution in [0, 0.1) is 17.1 Å². The number of halogens is 2. The quantitative estimate of drug-likeness (QED) is 0.387. The van der Waals surface area contributed by atoms with Gasteiger partial charge in [-0.25, -0.2) is 4.39 Å². The number of hydrogen-bond acceptors (Lipinski definition) is 3. The van der Waals surface area contributed by atoms with Crippen LogP contribution in [0.5, 0.6) is 5.75 Å². The molecular weight excluding hydrogens is 446 g/mol. The number of ether oxygens (including phenoxy) is 1. The zero-order chi connectivity index (χ0) is 18.1. The molecule has 0 saturated carbocycles. The number of guanidine groups is 1. The number of rotatable bonds is 6. The van der Waals surface area contributed by atoms with E-state index in [2.05, 4.69) is 21.7 Å². The van der Waals surface area contributed by atoms with Gasteiger partial charge in [0.15, 0.2) is 5.96 Å². The van der Waals surface area contributed by atoms with Crippen LogP contribution in [0.1, 0.15) is 18.1 Å². The first-order valence-corrected chi connectivity index (χ1v) is 7.96. The van der Waals surface area contributed by atoms with E-state index in [1.807, 2.05) is 19.1 Å². The van der Waals surface area contributed by atoms with Gasteiger partial charge in [-0.05, 0) is 48.9 Å². The Morgan fingerprint density at radius 3 is 2.38 bits per heavy atom. The van der Waals surface area contributed by atoms with Gasteiger partial charge in [-0.3, -0.25) is 4.99 Å². The van der Waals surface area contributed by atoms with E-state index < -0.39 is 0 Å². The van der Waals surface area contributed by atoms with Crippen molar-refractivity contribution in [3.8, 4) is 11.8 Å². The molecule has 0 bridgehead atoms. The van der Waals surface area contributed by atoms with Crippen molar-refractivity contribution in [1.29, 1.82) is 5.26 Å². The third kappa shape index (κ3) is 7.27. The SMILES string of the molecule is CN=C(NCc1ccc(C#N)cc1)NCC(C)Oc1ccc(F)cc1.I. The molecule has 0 fully saturated rings. The molecule has 0 spiro atoms. The average molecular weight is 468 g/mol. The second-order valence-corrected chi connectivity index (χ2v) is 5.50. The van der Waals surface area contributed by atoms with E-state index in [1.165, 1.54) is 12.1 Å². The zero-order valence-corrected chi connectivity index (χ0v) is 17.0. The van der Waals surface area contributed by atoms with E-state index in [1.54, 1.807) is 31.3 Å². The lowest BCUT2D eigenvalue weighted by molar-refractivity contribution is 0.223. The minimum absolute atomic E-state index is 0. The van der Waals surface area contributed by atoms with Gasteiger partial charge in [0.25, 0.3) is 0 Å². The Bertz CT molecular complexity index is 742. The van der Waals surface area contributed by atoms with Crippen molar-refractivity contribution in [2.45, 2.75) is 19.6 Å². The van der Waals surface area contributed by atoms with Gasteiger partial charge in [0.05, 0.1) is 18.2 Å². The Kier molecular flexibility index (Phi) is 9.44. The van der Waals surface area contributed by atoms with Crippen LogP contribution in [-0.2, 0) is 6.54 Å². The highest BCUT2D eigenvalue weighted by Gasteiger charge is 2.06. The summed E-state index contributed by atoms with van der Waals surface area (Å²) in [6.07, 6.45) is -0.112. The van der Waals surface area contributed by atoms with Gasteiger partial charge in [-0.2, -0.15) is 5.26 Å². The molecule has 26 heavy (non-hydrogen) atoms. The highest BCUT2D eigenvalue weighted by atomic mass is 127. The molecule has 0 amide bonds. The van der Waals surface area contributed by atoms with E-state index >= 15 is 0 Å². The predicted octanol–water partition coefficient (Wildman–Crippen LogP) is 3.45. The van der Waals surface area contributed by atoms with Gasteiger partial charge in [0.2, 0.25) is 0 Å². The number of nitriles is 1. The predicted molar refractivity (Wildman–Crippen MR) is 111 cm³/mol. The Labute approximate surface area is 170 Å². The summed E-state index contributed by atoms with van der Waals surface area (Å²) in [7, 11) is 1.69. The molecule has 1 unspecified atom stereocenters. The first kappa shape index (κ1) is 21.7. The van der Waals surface area contributed by atoms with Crippen LogP contribution in [0.15, 0.2) is 53.5 Å². The lowest BCUT2D eigenvalue weighted by Gasteiger charge is -2.17. The topological polar surface area (TPSA) is 69.4 Å². The van der Waals surface area contributed by atoms with E-state index in [-0.39, 0.29) is 35.9 Å². The monoisotopic (exact) mass is 468 g/mol. The molecule has 0 aliphatic heterocycles. The number of aliphatic imine (C=N–C) groups is 1. The summed E-state index contributed by atoms with van der Waals surface area (Å²) in [5.74, 6) is 0.987. The average Bonchev–Trinajstić information content (AvgIpc) is 2.64. The van der Waals surface area contributed by atoms with Gasteiger partial charge in [-0.1, -0.05) is 12.1 Å². The van der Waals surface area contributed by atoms with Crippen LogP contribution >= 0.6 is 24.0 Å². The first-order chi connectivity index (χ1) is 12.1. The summed E-state index contributed by atoms with van der Waals surface area (Å²) >= 11 is 0. The summed E-state index contributed by atoms with van der Waals surface area (Å²) in [4.78, 5) is 4.16. The van der Waals surface area contributed by atoms with Gasteiger partial charge >= 0.3 is 0 Å². The molecular formula is C19H22FIN4O. The summed E-state index contributed by atoms with van der Waals surface area (Å²) in [6.45, 7) is 3.06. The fraction of sp³-hybridized carbons (Fsp3) is 0.263. The minimum atomic E-state index is -0.287. The molecule has 0 saturated heterocycles. The lowest BCUT2D eigenvalue weighted by Crippen LogP contribution is -2.41. The molecule has 2 aromatic carbocycles. The van der Waals surface area contributed by atoms with Crippen molar-refractivity contribution >= 4 is 29.9 Å². The fourth-order valence-electron chi connectivity index (χ4n) is 2.13. The standard InChI is InChI=1S/C19H21FN4O.HI/c1-14(25-18-9-7-17(20)8-10-18)12-23-19(22-2)24-13-16-5-3-15(11-21)4-6-16;/h3-10,14H,12-13H2,1-2H3,(H2,22,23,24);1H. The molecule has 2 rings (SSSR count). The largest absolute Gasteiger partial charge is 0.489 e. The second-order valence-electron chi connectivity index (χ2n) is 5.50. The third-order valence-electron chi connectivity index (χ3n) is 3.47. The normalized spacial score (nSPS) is 11.7. The van der Waals surface area contributed by atoms with Gasteiger partial charge in [-0.15, -0.1) is 24.0 Å². The van der Waals surface area contributed by atoms with Crippen LogP contribution < -0.4 is 15.4 Å². The van der Waals surface area contributed by atoms with Crippen LogP contribution in [0.3, 0.4) is 0 Å². The van der Waals surface area contributed by atoms with Crippen LogP contribution in [-0.4, -0.2) is 25.7 Å². The van der Waals surface area contributed by atoms with Crippen molar-refractivity contribution in [2.75, 3.05) is 13.6 Å². The maximum Gasteiger partial charge on any atom is 0.191 e. The maximum atomic E-state index is 12.9. The van der Waals surface area contributed by atoms with Crippen molar-refractivity contribution in [1.82, 2.24) is 10.6 Å². The number of nitrogens with one attached hydrogen (secondary N) is 2. The first-order valence-electron chi connectivity index (χ1n) is 7.96.